The minimum atomic E-state index is -4.28. The quantitative estimate of drug-likeness (QED) is 0.820. The minimum absolute atomic E-state index is 0.203. The van der Waals surface area contributed by atoms with Gasteiger partial charge in [-0.05, 0) is 36.9 Å². The molecule has 0 heterocycles. The van der Waals surface area contributed by atoms with E-state index in [1.54, 1.807) is 6.07 Å². The van der Waals surface area contributed by atoms with Gasteiger partial charge in [-0.25, -0.2) is 0 Å². The molecular formula is C14H17ClF3N. The van der Waals surface area contributed by atoms with Crippen molar-refractivity contribution in [2.75, 3.05) is 6.54 Å². The fourth-order valence-electron chi connectivity index (χ4n) is 2.48. The standard InChI is InChI=1S/C14H17ClF3N/c15-13-6-2-4-11(13)9-19-8-10-3-1-5-12(7-10)14(16,17)18/h1,3,5,7,11,13,19H,2,4,6,8-9H2. The van der Waals surface area contributed by atoms with Crippen LogP contribution < -0.4 is 5.32 Å². The van der Waals surface area contributed by atoms with Crippen LogP contribution in [-0.2, 0) is 12.7 Å². The van der Waals surface area contributed by atoms with Gasteiger partial charge in [-0.1, -0.05) is 24.6 Å². The van der Waals surface area contributed by atoms with Crippen molar-refractivity contribution in [2.24, 2.45) is 5.92 Å². The first-order valence-corrected chi connectivity index (χ1v) is 6.91. The van der Waals surface area contributed by atoms with Gasteiger partial charge in [-0.15, -0.1) is 11.6 Å². The van der Waals surface area contributed by atoms with E-state index in [1.165, 1.54) is 12.1 Å². The number of nitrogens with one attached hydrogen (secondary N) is 1. The summed E-state index contributed by atoms with van der Waals surface area (Å²) in [5.41, 5.74) is 0.0573. The molecule has 2 unspecified atom stereocenters. The van der Waals surface area contributed by atoms with Crippen molar-refractivity contribution in [1.82, 2.24) is 5.32 Å². The maximum absolute atomic E-state index is 12.5. The van der Waals surface area contributed by atoms with E-state index in [9.17, 15) is 13.2 Å². The van der Waals surface area contributed by atoms with E-state index >= 15 is 0 Å². The maximum Gasteiger partial charge on any atom is 0.416 e. The summed E-state index contributed by atoms with van der Waals surface area (Å²) in [5.74, 6) is 0.437. The van der Waals surface area contributed by atoms with Crippen LogP contribution in [0.4, 0.5) is 13.2 Å². The van der Waals surface area contributed by atoms with E-state index in [2.05, 4.69) is 5.32 Å². The third-order valence-corrected chi connectivity index (χ3v) is 4.13. The van der Waals surface area contributed by atoms with Gasteiger partial charge in [0.2, 0.25) is 0 Å². The van der Waals surface area contributed by atoms with Crippen LogP contribution in [0.2, 0.25) is 0 Å². The largest absolute Gasteiger partial charge is 0.416 e. The van der Waals surface area contributed by atoms with Crippen molar-refractivity contribution in [3.8, 4) is 0 Å². The van der Waals surface area contributed by atoms with Gasteiger partial charge in [0, 0.05) is 11.9 Å². The van der Waals surface area contributed by atoms with Crippen LogP contribution in [0.3, 0.4) is 0 Å². The lowest BCUT2D eigenvalue weighted by molar-refractivity contribution is -0.137. The molecule has 106 valence electrons. The first-order valence-electron chi connectivity index (χ1n) is 6.48. The molecule has 1 N–H and O–H groups in total. The van der Waals surface area contributed by atoms with E-state index in [0.29, 0.717) is 18.0 Å². The number of rotatable bonds is 4. The van der Waals surface area contributed by atoms with Gasteiger partial charge in [0.25, 0.3) is 0 Å². The summed E-state index contributed by atoms with van der Waals surface area (Å²) < 4.78 is 37.6. The average molecular weight is 292 g/mol. The molecule has 0 saturated heterocycles. The monoisotopic (exact) mass is 291 g/mol. The molecule has 0 amide bonds. The number of benzene rings is 1. The molecule has 19 heavy (non-hydrogen) atoms. The number of hydrogen-bond acceptors (Lipinski definition) is 1. The van der Waals surface area contributed by atoms with Crippen molar-refractivity contribution < 1.29 is 13.2 Å². The molecule has 2 atom stereocenters. The van der Waals surface area contributed by atoms with Crippen LogP contribution in [0.1, 0.15) is 30.4 Å². The lowest BCUT2D eigenvalue weighted by Crippen LogP contribution is -2.25. The Morgan fingerprint density at radius 3 is 2.68 bits per heavy atom. The van der Waals surface area contributed by atoms with Crippen molar-refractivity contribution in [3.05, 3.63) is 35.4 Å². The Kier molecular flexibility index (Phi) is 4.74. The van der Waals surface area contributed by atoms with Gasteiger partial charge >= 0.3 is 6.18 Å². The molecule has 5 heteroatoms. The molecule has 1 aliphatic carbocycles. The number of halogens is 4. The molecular weight excluding hydrogens is 275 g/mol. The summed E-state index contributed by atoms with van der Waals surface area (Å²) >= 11 is 6.16. The Labute approximate surface area is 116 Å². The van der Waals surface area contributed by atoms with Gasteiger partial charge < -0.3 is 5.32 Å². The van der Waals surface area contributed by atoms with Crippen LogP contribution in [0, 0.1) is 5.92 Å². The summed E-state index contributed by atoms with van der Waals surface area (Å²) in [6.45, 7) is 1.22. The van der Waals surface area contributed by atoms with Gasteiger partial charge in [0.1, 0.15) is 0 Å². The highest BCUT2D eigenvalue weighted by Crippen LogP contribution is 2.30. The summed E-state index contributed by atoms with van der Waals surface area (Å²) in [6, 6.07) is 5.43. The average Bonchev–Trinajstić information content (AvgIpc) is 2.75. The Balaban J connectivity index is 1.86. The van der Waals surface area contributed by atoms with Crippen molar-refractivity contribution >= 4 is 11.6 Å². The molecule has 1 nitrogen and oxygen atoms in total. The summed E-state index contributed by atoms with van der Waals surface area (Å²) in [6.07, 6.45) is -0.992. The second kappa shape index (κ2) is 6.14. The highest BCUT2D eigenvalue weighted by molar-refractivity contribution is 6.20. The Hall–Kier alpha value is -0.740. The van der Waals surface area contributed by atoms with Crippen LogP contribution in [0.25, 0.3) is 0 Å². The van der Waals surface area contributed by atoms with Crippen molar-refractivity contribution in [3.63, 3.8) is 0 Å². The van der Waals surface area contributed by atoms with Crippen LogP contribution >= 0.6 is 11.6 Å². The normalized spacial score (nSPS) is 23.8. The second-order valence-corrected chi connectivity index (χ2v) is 5.60. The Morgan fingerprint density at radius 1 is 1.26 bits per heavy atom. The van der Waals surface area contributed by atoms with Crippen molar-refractivity contribution in [2.45, 2.75) is 37.4 Å². The van der Waals surface area contributed by atoms with Gasteiger partial charge in [0.15, 0.2) is 0 Å². The molecule has 0 radical (unpaired) electrons. The first kappa shape index (κ1) is 14.7. The zero-order valence-corrected chi connectivity index (χ0v) is 11.3. The molecule has 0 spiro atoms. The Bertz CT molecular complexity index is 419. The summed E-state index contributed by atoms with van der Waals surface area (Å²) in [4.78, 5) is 0. The Morgan fingerprint density at radius 2 is 2.05 bits per heavy atom. The fourth-order valence-corrected chi connectivity index (χ4v) is 2.85. The molecule has 1 fully saturated rings. The van der Waals surface area contributed by atoms with E-state index in [4.69, 9.17) is 11.6 Å². The van der Waals surface area contributed by atoms with Crippen LogP contribution in [0.15, 0.2) is 24.3 Å². The lowest BCUT2D eigenvalue weighted by Gasteiger charge is -2.15. The van der Waals surface area contributed by atoms with Crippen LogP contribution in [-0.4, -0.2) is 11.9 Å². The molecule has 2 rings (SSSR count). The predicted molar refractivity (Wildman–Crippen MR) is 70.1 cm³/mol. The first-order chi connectivity index (χ1) is 8.97. The number of hydrogen-bond donors (Lipinski definition) is 1. The molecule has 1 aromatic rings. The second-order valence-electron chi connectivity index (χ2n) is 5.04. The molecule has 1 aliphatic rings. The molecule has 0 aromatic heterocycles. The van der Waals surface area contributed by atoms with E-state index in [-0.39, 0.29) is 5.38 Å². The lowest BCUT2D eigenvalue weighted by atomic mass is 10.1. The zero-order valence-electron chi connectivity index (χ0n) is 10.5. The fraction of sp³-hybridized carbons (Fsp3) is 0.571. The highest BCUT2D eigenvalue weighted by atomic mass is 35.5. The SMILES string of the molecule is FC(F)(F)c1cccc(CNCC2CCCC2Cl)c1. The van der Waals surface area contributed by atoms with E-state index < -0.39 is 11.7 Å². The summed E-state index contributed by atoms with van der Waals surface area (Å²) in [5, 5.41) is 3.40. The maximum atomic E-state index is 12.5. The van der Waals surface area contributed by atoms with Gasteiger partial charge in [-0.3, -0.25) is 0 Å². The topological polar surface area (TPSA) is 12.0 Å². The van der Waals surface area contributed by atoms with E-state index in [1.807, 2.05) is 0 Å². The minimum Gasteiger partial charge on any atom is -0.312 e. The molecule has 0 bridgehead atoms. The third-order valence-electron chi connectivity index (χ3n) is 3.56. The molecule has 0 aliphatic heterocycles. The molecule has 1 saturated carbocycles. The van der Waals surface area contributed by atoms with Crippen LogP contribution in [0.5, 0.6) is 0 Å². The highest BCUT2D eigenvalue weighted by Gasteiger charge is 2.30. The van der Waals surface area contributed by atoms with E-state index in [0.717, 1.165) is 31.9 Å². The third kappa shape index (κ3) is 4.11. The predicted octanol–water partition coefficient (Wildman–Crippen LogP) is 4.20. The number of alkyl halides is 4. The summed E-state index contributed by atoms with van der Waals surface area (Å²) in [7, 11) is 0. The van der Waals surface area contributed by atoms with Gasteiger partial charge in [-0.2, -0.15) is 13.2 Å². The molecule has 1 aromatic carbocycles. The van der Waals surface area contributed by atoms with Gasteiger partial charge in [0.05, 0.1) is 5.56 Å². The van der Waals surface area contributed by atoms with Crippen molar-refractivity contribution in [1.29, 1.82) is 0 Å². The zero-order chi connectivity index (χ0) is 13.9. The smallest absolute Gasteiger partial charge is 0.312 e.